The zero-order valence-electron chi connectivity index (χ0n) is 15.7. The van der Waals surface area contributed by atoms with Crippen molar-refractivity contribution in [3.05, 3.63) is 59.8 Å². The summed E-state index contributed by atoms with van der Waals surface area (Å²) in [4.78, 5) is 11.6. The fourth-order valence-electron chi connectivity index (χ4n) is 3.86. The molecule has 2 aromatic carbocycles. The lowest BCUT2D eigenvalue weighted by atomic mass is 9.36. The van der Waals surface area contributed by atoms with Gasteiger partial charge in [-0.3, -0.25) is 4.79 Å². The molecule has 1 amide bonds. The van der Waals surface area contributed by atoms with E-state index in [4.69, 9.17) is 45.0 Å². The predicted molar refractivity (Wildman–Crippen MR) is 118 cm³/mol. The topological polar surface area (TPSA) is 72.9 Å². The van der Waals surface area contributed by atoms with Crippen molar-refractivity contribution < 1.29 is 4.79 Å². The third-order valence-corrected chi connectivity index (χ3v) is 5.70. The molecule has 10 radical (unpaired) electrons. The number of benzene rings is 2. The third-order valence-electron chi connectivity index (χ3n) is 5.70. The average molecular weight is 369 g/mol. The summed E-state index contributed by atoms with van der Waals surface area (Å²) < 4.78 is 1.67. The van der Waals surface area contributed by atoms with Gasteiger partial charge < -0.3 is 11.1 Å². The van der Waals surface area contributed by atoms with E-state index in [2.05, 4.69) is 10.4 Å². The molecule has 1 fully saturated rings. The van der Waals surface area contributed by atoms with Crippen LogP contribution in [0.5, 0.6) is 0 Å². The minimum Gasteiger partial charge on any atom is -0.366 e. The Kier molecular flexibility index (Phi) is 4.93. The Balaban J connectivity index is 1.71. The lowest BCUT2D eigenvalue weighted by Crippen LogP contribution is -2.62. The minimum absolute atomic E-state index is 0.370. The number of carbonyl (C=O) groups is 1. The number of primary amides is 1. The van der Waals surface area contributed by atoms with Gasteiger partial charge in [-0.2, -0.15) is 5.10 Å². The van der Waals surface area contributed by atoms with Crippen LogP contribution < -0.4 is 11.1 Å². The molecule has 2 heterocycles. The molecule has 1 saturated heterocycles. The molecule has 132 valence electrons. The molecular formula is C19H15B5N4O. The second-order valence-corrected chi connectivity index (χ2v) is 7.43. The fraction of sp³-hybridized carbons (Fsp3) is 0.263. The van der Waals surface area contributed by atoms with Crippen molar-refractivity contribution in [1.82, 2.24) is 15.1 Å². The molecule has 5 atom stereocenters. The molecule has 3 aromatic rings. The van der Waals surface area contributed by atoms with Crippen LogP contribution in [-0.4, -0.2) is 66.8 Å². The normalized spacial score (nSPS) is 29.7. The number of carbonyl (C=O) groups excluding carboxylic acids is 1. The van der Waals surface area contributed by atoms with Crippen molar-refractivity contribution in [3.63, 3.8) is 0 Å². The molecule has 1 aliphatic rings. The Morgan fingerprint density at radius 2 is 1.79 bits per heavy atom. The van der Waals surface area contributed by atoms with Gasteiger partial charge in [0.25, 0.3) is 5.91 Å². The van der Waals surface area contributed by atoms with Crippen molar-refractivity contribution in [2.24, 2.45) is 5.73 Å². The SMILES string of the molecule is [B]C1NC([B])C([B])(c2ccc(-n3cc4cccc(C(N)=O)c4n3)cc2)C([B])C1[B]. The van der Waals surface area contributed by atoms with E-state index in [-0.39, 0.29) is 0 Å². The molecule has 0 aliphatic carbocycles. The van der Waals surface area contributed by atoms with Crippen LogP contribution in [0.15, 0.2) is 48.7 Å². The quantitative estimate of drug-likeness (QED) is 0.638. The molecule has 5 nitrogen and oxygen atoms in total. The maximum atomic E-state index is 11.6. The van der Waals surface area contributed by atoms with E-state index in [0.29, 0.717) is 11.1 Å². The average Bonchev–Trinajstić information content (AvgIpc) is 3.15. The molecule has 1 aliphatic heterocycles. The van der Waals surface area contributed by atoms with E-state index in [9.17, 15) is 4.79 Å². The molecule has 10 heteroatoms. The Morgan fingerprint density at radius 3 is 2.45 bits per heavy atom. The van der Waals surface area contributed by atoms with Crippen molar-refractivity contribution in [2.75, 3.05) is 0 Å². The molecule has 0 saturated carbocycles. The zero-order chi connectivity index (χ0) is 20.9. The van der Waals surface area contributed by atoms with Crippen molar-refractivity contribution in [2.45, 2.75) is 28.8 Å². The van der Waals surface area contributed by atoms with Crippen molar-refractivity contribution >= 4 is 56.0 Å². The van der Waals surface area contributed by atoms with Gasteiger partial charge in [-0.15, -0.1) is 0 Å². The summed E-state index contributed by atoms with van der Waals surface area (Å²) in [5.74, 6) is -2.91. The monoisotopic (exact) mass is 370 g/mol. The van der Waals surface area contributed by atoms with Crippen molar-refractivity contribution in [1.29, 1.82) is 0 Å². The van der Waals surface area contributed by atoms with E-state index >= 15 is 0 Å². The molecule has 4 rings (SSSR count). The second kappa shape index (κ2) is 7.17. The first kappa shape index (κ1) is 20.0. The van der Waals surface area contributed by atoms with Gasteiger partial charge in [0.1, 0.15) is 5.52 Å². The van der Waals surface area contributed by atoms with Crippen LogP contribution in [0.2, 0.25) is 11.6 Å². The number of amides is 1. The Bertz CT molecular complexity index is 1070. The van der Waals surface area contributed by atoms with E-state index < -0.39 is 34.7 Å². The number of hydrogen-bond donors (Lipinski definition) is 2. The van der Waals surface area contributed by atoms with Crippen LogP contribution in [0, 0.1) is 0 Å². The van der Waals surface area contributed by atoms with E-state index in [1.54, 1.807) is 16.8 Å². The molecular weight excluding hydrogens is 354 g/mol. The highest BCUT2D eigenvalue weighted by molar-refractivity contribution is 6.34. The van der Waals surface area contributed by atoms with Gasteiger partial charge in [-0.25, -0.2) is 4.68 Å². The van der Waals surface area contributed by atoms with Crippen LogP contribution in [-0.2, 0) is 5.31 Å². The summed E-state index contributed by atoms with van der Waals surface area (Å²) in [5.41, 5.74) is 7.85. The Labute approximate surface area is 176 Å². The predicted octanol–water partition coefficient (Wildman–Crippen LogP) is -0.00540. The number of fused-ring (bicyclic) bond motifs is 1. The summed E-state index contributed by atoms with van der Waals surface area (Å²) in [6, 6.07) is 12.6. The highest BCUT2D eigenvalue weighted by Crippen LogP contribution is 2.44. The first-order valence-electron chi connectivity index (χ1n) is 9.20. The van der Waals surface area contributed by atoms with E-state index in [1.165, 1.54) is 0 Å². The number of piperidine rings is 1. The van der Waals surface area contributed by atoms with Crippen LogP contribution in [0.4, 0.5) is 0 Å². The largest absolute Gasteiger partial charge is 0.366 e. The number of nitrogens with one attached hydrogen (secondary N) is 1. The number of hydrogen-bond acceptors (Lipinski definition) is 3. The molecule has 3 N–H and O–H groups in total. The molecule has 1 aromatic heterocycles. The van der Waals surface area contributed by atoms with Gasteiger partial charge in [0.2, 0.25) is 0 Å². The van der Waals surface area contributed by atoms with Crippen LogP contribution in [0.3, 0.4) is 0 Å². The van der Waals surface area contributed by atoms with E-state index in [1.807, 2.05) is 36.5 Å². The van der Waals surface area contributed by atoms with Gasteiger partial charge >= 0.3 is 0 Å². The third kappa shape index (κ3) is 3.14. The summed E-state index contributed by atoms with van der Waals surface area (Å²) >= 11 is 0. The highest BCUT2D eigenvalue weighted by Gasteiger charge is 2.44. The number of rotatable bonds is 3. The minimum atomic E-state index is -1.10. The number of nitrogens with zero attached hydrogens (tertiary/aromatic N) is 2. The standard InChI is InChI=1S/C19H15B5N4O/c20-13-15(21)19(24,18(23)26-16(13)22)10-4-6-11(7-5-10)28-8-9-2-1-3-12(17(25)29)14(9)27-28/h1-8,13,15-16,18,26H,(H2,25,29). The lowest BCUT2D eigenvalue weighted by Gasteiger charge is -2.54. The van der Waals surface area contributed by atoms with Gasteiger partial charge in [0, 0.05) is 11.6 Å². The summed E-state index contributed by atoms with van der Waals surface area (Å²) in [7, 11) is 31.2. The number of aromatic nitrogens is 2. The van der Waals surface area contributed by atoms with Gasteiger partial charge in [-0.1, -0.05) is 41.5 Å². The second-order valence-electron chi connectivity index (χ2n) is 7.43. The molecule has 0 spiro atoms. The van der Waals surface area contributed by atoms with Gasteiger partial charge in [0.15, 0.2) is 0 Å². The first-order valence-corrected chi connectivity index (χ1v) is 9.20. The first-order chi connectivity index (χ1) is 13.7. The van der Waals surface area contributed by atoms with Crippen LogP contribution in [0.1, 0.15) is 15.9 Å². The summed E-state index contributed by atoms with van der Waals surface area (Å²) in [5, 5.41) is 7.21. The zero-order valence-corrected chi connectivity index (χ0v) is 15.7. The smallest absolute Gasteiger partial charge is 0.250 e. The van der Waals surface area contributed by atoms with Gasteiger partial charge in [0.05, 0.1) is 50.5 Å². The Morgan fingerprint density at radius 1 is 1.10 bits per heavy atom. The molecule has 29 heavy (non-hydrogen) atoms. The van der Waals surface area contributed by atoms with E-state index in [0.717, 1.165) is 16.6 Å². The summed E-state index contributed by atoms with van der Waals surface area (Å²) in [6.07, 6.45) is 1.82. The maximum Gasteiger partial charge on any atom is 0.250 e. The molecule has 0 bridgehead atoms. The maximum absolute atomic E-state index is 11.6. The van der Waals surface area contributed by atoms with Gasteiger partial charge in [-0.05, 0) is 35.4 Å². The van der Waals surface area contributed by atoms with Crippen LogP contribution in [0.25, 0.3) is 16.6 Å². The highest BCUT2D eigenvalue weighted by atomic mass is 16.1. The Hall–Kier alpha value is -2.34. The lowest BCUT2D eigenvalue weighted by molar-refractivity contribution is 0.100. The molecule has 5 unspecified atom stereocenters. The van der Waals surface area contributed by atoms with Crippen LogP contribution >= 0.6 is 0 Å². The fourth-order valence-corrected chi connectivity index (χ4v) is 3.86. The summed E-state index contributed by atoms with van der Waals surface area (Å²) in [6.45, 7) is 0. The van der Waals surface area contributed by atoms with Crippen molar-refractivity contribution in [3.8, 4) is 5.69 Å². The number of nitrogens with two attached hydrogens (primary N) is 1.